The van der Waals surface area contributed by atoms with Crippen molar-refractivity contribution in [2.45, 2.75) is 39.3 Å². The van der Waals surface area contributed by atoms with Gasteiger partial charge in [-0.15, -0.1) is 0 Å². The average Bonchev–Trinajstić information content (AvgIpc) is 2.48. The van der Waals surface area contributed by atoms with Gasteiger partial charge in [0.25, 0.3) is 0 Å². The molecule has 2 heteroatoms. The van der Waals surface area contributed by atoms with E-state index in [1.165, 1.54) is 16.8 Å². The molecule has 0 saturated carbocycles. The largest absolute Gasteiger partial charge is 0.307 e. The molecule has 70 valence electrons. The maximum Gasteiger partial charge on any atom is 0.0589 e. The molecule has 2 heterocycles. The van der Waals surface area contributed by atoms with Crippen LogP contribution < -0.4 is 5.32 Å². The summed E-state index contributed by atoms with van der Waals surface area (Å²) in [6.45, 7) is 8.66. The molecule has 1 aliphatic heterocycles. The topological polar surface area (TPSA) is 24.9 Å². The number of pyridine rings is 1. The predicted molar refractivity (Wildman–Crippen MR) is 53.5 cm³/mol. The summed E-state index contributed by atoms with van der Waals surface area (Å²) in [5.41, 5.74) is 4.31. The molecule has 0 aromatic carbocycles. The average molecular weight is 176 g/mol. The number of rotatable bonds is 0. The van der Waals surface area contributed by atoms with E-state index in [-0.39, 0.29) is 5.41 Å². The Bertz CT molecular complexity index is 323. The van der Waals surface area contributed by atoms with Crippen molar-refractivity contribution in [2.75, 3.05) is 0 Å². The van der Waals surface area contributed by atoms with E-state index in [2.05, 4.69) is 37.1 Å². The molecule has 0 saturated heterocycles. The highest BCUT2D eigenvalue weighted by Gasteiger charge is 2.22. The highest BCUT2D eigenvalue weighted by molar-refractivity contribution is 5.37. The van der Waals surface area contributed by atoms with Gasteiger partial charge in [-0.1, -0.05) is 20.8 Å². The van der Waals surface area contributed by atoms with E-state index in [1.54, 1.807) is 0 Å². The lowest BCUT2D eigenvalue weighted by atomic mass is 9.84. The molecule has 0 amide bonds. The van der Waals surface area contributed by atoms with Crippen LogP contribution in [0.5, 0.6) is 0 Å². The van der Waals surface area contributed by atoms with Crippen LogP contribution in [0.4, 0.5) is 0 Å². The third-order valence-electron chi connectivity index (χ3n) is 2.55. The van der Waals surface area contributed by atoms with Crippen molar-refractivity contribution in [1.29, 1.82) is 0 Å². The van der Waals surface area contributed by atoms with Crippen molar-refractivity contribution < 1.29 is 0 Å². The van der Waals surface area contributed by atoms with E-state index in [4.69, 9.17) is 0 Å². The minimum absolute atomic E-state index is 0.235. The van der Waals surface area contributed by atoms with Crippen molar-refractivity contribution in [3.05, 3.63) is 29.1 Å². The van der Waals surface area contributed by atoms with Crippen LogP contribution in [-0.4, -0.2) is 4.98 Å². The quantitative estimate of drug-likeness (QED) is 0.654. The van der Waals surface area contributed by atoms with Gasteiger partial charge in [-0.25, -0.2) is 0 Å². The highest BCUT2D eigenvalue weighted by Crippen LogP contribution is 2.28. The van der Waals surface area contributed by atoms with Crippen molar-refractivity contribution in [3.63, 3.8) is 0 Å². The maximum absolute atomic E-state index is 4.37. The summed E-state index contributed by atoms with van der Waals surface area (Å²) in [6.07, 6.45) is 1.92. The number of hydrogen-bond acceptors (Lipinski definition) is 2. The van der Waals surface area contributed by atoms with Crippen LogP contribution in [0.2, 0.25) is 0 Å². The van der Waals surface area contributed by atoms with Gasteiger partial charge in [0.15, 0.2) is 0 Å². The molecular formula is C11H16N2. The van der Waals surface area contributed by atoms with Gasteiger partial charge >= 0.3 is 0 Å². The molecule has 1 aromatic heterocycles. The van der Waals surface area contributed by atoms with Crippen LogP contribution in [0.1, 0.15) is 37.6 Å². The predicted octanol–water partition coefficient (Wildman–Crippen LogP) is 1.98. The van der Waals surface area contributed by atoms with Crippen molar-refractivity contribution in [2.24, 2.45) is 0 Å². The summed E-state index contributed by atoms with van der Waals surface area (Å²) >= 11 is 0. The van der Waals surface area contributed by atoms with E-state index in [0.29, 0.717) is 0 Å². The van der Waals surface area contributed by atoms with Crippen LogP contribution in [0.3, 0.4) is 0 Å². The highest BCUT2D eigenvalue weighted by atomic mass is 14.9. The molecule has 2 rings (SSSR count). The first-order valence-corrected chi connectivity index (χ1v) is 4.77. The fraction of sp³-hybridized carbons (Fsp3) is 0.545. The number of hydrogen-bond donors (Lipinski definition) is 1. The van der Waals surface area contributed by atoms with E-state index in [9.17, 15) is 0 Å². The van der Waals surface area contributed by atoms with Crippen LogP contribution in [0, 0.1) is 0 Å². The Labute approximate surface area is 79.4 Å². The van der Waals surface area contributed by atoms with Gasteiger partial charge in [-0.2, -0.15) is 0 Å². The minimum Gasteiger partial charge on any atom is -0.307 e. The van der Waals surface area contributed by atoms with Crippen LogP contribution in [0.15, 0.2) is 12.3 Å². The molecule has 0 bridgehead atoms. The Balaban J connectivity index is 2.54. The Morgan fingerprint density at radius 2 is 2.08 bits per heavy atom. The van der Waals surface area contributed by atoms with E-state index in [0.717, 1.165) is 13.1 Å². The fourth-order valence-electron chi connectivity index (χ4n) is 1.89. The molecule has 0 aliphatic carbocycles. The van der Waals surface area contributed by atoms with Crippen molar-refractivity contribution in [1.82, 2.24) is 10.3 Å². The van der Waals surface area contributed by atoms with E-state index < -0.39 is 0 Å². The standard InChI is InChI=1S/C11H16N2/c1-11(2,3)9-4-5-13-10-7-12-6-8(9)10/h4-5,12H,6-7H2,1-3H3. The second kappa shape index (κ2) is 2.81. The van der Waals surface area contributed by atoms with E-state index in [1.807, 2.05) is 6.20 Å². The lowest BCUT2D eigenvalue weighted by Crippen LogP contribution is -2.15. The Morgan fingerprint density at radius 1 is 1.31 bits per heavy atom. The van der Waals surface area contributed by atoms with Crippen LogP contribution in [0.25, 0.3) is 0 Å². The summed E-state index contributed by atoms with van der Waals surface area (Å²) < 4.78 is 0. The molecule has 1 aliphatic rings. The molecule has 1 N–H and O–H groups in total. The third-order valence-corrected chi connectivity index (χ3v) is 2.55. The van der Waals surface area contributed by atoms with Crippen molar-refractivity contribution >= 4 is 0 Å². The molecule has 0 fully saturated rings. The first kappa shape index (κ1) is 8.70. The zero-order valence-corrected chi connectivity index (χ0v) is 8.52. The molecule has 0 radical (unpaired) electrons. The Hall–Kier alpha value is -0.890. The summed E-state index contributed by atoms with van der Waals surface area (Å²) in [4.78, 5) is 4.37. The molecule has 2 nitrogen and oxygen atoms in total. The normalized spacial score (nSPS) is 15.9. The zero-order chi connectivity index (χ0) is 9.47. The summed E-state index contributed by atoms with van der Waals surface area (Å²) in [5, 5.41) is 3.34. The Kier molecular flexibility index (Phi) is 1.88. The first-order chi connectivity index (χ1) is 6.09. The smallest absolute Gasteiger partial charge is 0.0589 e. The number of nitrogens with one attached hydrogen (secondary N) is 1. The van der Waals surface area contributed by atoms with Gasteiger partial charge in [-0.05, 0) is 22.6 Å². The van der Waals surface area contributed by atoms with Gasteiger partial charge in [0.2, 0.25) is 0 Å². The van der Waals surface area contributed by atoms with Gasteiger partial charge in [-0.3, -0.25) is 4.98 Å². The second-order valence-electron chi connectivity index (χ2n) is 4.64. The molecular weight excluding hydrogens is 160 g/mol. The summed E-state index contributed by atoms with van der Waals surface area (Å²) in [6, 6.07) is 2.14. The van der Waals surface area contributed by atoms with E-state index >= 15 is 0 Å². The summed E-state index contributed by atoms with van der Waals surface area (Å²) in [5.74, 6) is 0. The van der Waals surface area contributed by atoms with Gasteiger partial charge in [0, 0.05) is 19.3 Å². The minimum atomic E-state index is 0.235. The molecule has 0 spiro atoms. The molecule has 1 aromatic rings. The SMILES string of the molecule is CC(C)(C)c1ccnc2c1CNC2. The van der Waals surface area contributed by atoms with Crippen molar-refractivity contribution in [3.8, 4) is 0 Å². The number of fused-ring (bicyclic) bond motifs is 1. The first-order valence-electron chi connectivity index (χ1n) is 4.77. The molecule has 0 atom stereocenters. The van der Waals surface area contributed by atoms with Gasteiger partial charge in [0.1, 0.15) is 0 Å². The Morgan fingerprint density at radius 3 is 2.77 bits per heavy atom. The fourth-order valence-corrected chi connectivity index (χ4v) is 1.89. The second-order valence-corrected chi connectivity index (χ2v) is 4.64. The molecule has 13 heavy (non-hydrogen) atoms. The number of aromatic nitrogens is 1. The lowest BCUT2D eigenvalue weighted by Gasteiger charge is -2.21. The van der Waals surface area contributed by atoms with Crippen LogP contribution >= 0.6 is 0 Å². The number of nitrogens with zero attached hydrogens (tertiary/aromatic N) is 1. The van der Waals surface area contributed by atoms with Crippen LogP contribution in [-0.2, 0) is 18.5 Å². The lowest BCUT2D eigenvalue weighted by molar-refractivity contribution is 0.581. The summed E-state index contributed by atoms with van der Waals surface area (Å²) in [7, 11) is 0. The zero-order valence-electron chi connectivity index (χ0n) is 8.52. The molecule has 0 unspecified atom stereocenters. The third kappa shape index (κ3) is 1.46. The van der Waals surface area contributed by atoms with Gasteiger partial charge < -0.3 is 5.32 Å². The maximum atomic E-state index is 4.37. The van der Waals surface area contributed by atoms with Gasteiger partial charge in [0.05, 0.1) is 5.69 Å². The monoisotopic (exact) mass is 176 g/mol.